The van der Waals surface area contributed by atoms with Gasteiger partial charge in [-0.05, 0) is 0 Å². The van der Waals surface area contributed by atoms with Crippen LogP contribution in [0.25, 0.3) is 0 Å². The third-order valence-corrected chi connectivity index (χ3v) is 46.7. The van der Waals surface area contributed by atoms with Crippen LogP contribution in [-0.2, 0) is 0 Å². The fraction of sp³-hybridized carbons (Fsp3) is 0. The summed E-state index contributed by atoms with van der Waals surface area (Å²) in [4.78, 5) is 0. The summed E-state index contributed by atoms with van der Waals surface area (Å²) in [5.74, 6) is 0. The van der Waals surface area contributed by atoms with Crippen molar-refractivity contribution < 1.29 is 0 Å². The van der Waals surface area contributed by atoms with Crippen molar-refractivity contribution in [3.05, 3.63) is 449 Å². The molecule has 0 aliphatic rings. The van der Waals surface area contributed by atoms with Crippen LogP contribution in [0.1, 0.15) is 0 Å². The van der Waals surface area contributed by atoms with Gasteiger partial charge in [-0.3, -0.25) is 0 Å². The first kappa shape index (κ1) is 68.3. The quantitative estimate of drug-likeness (QED) is 0.0469. The van der Waals surface area contributed by atoms with Gasteiger partial charge in [-0.2, -0.15) is 0 Å². The van der Waals surface area contributed by atoms with Gasteiger partial charge in [-0.1, -0.05) is 0 Å². The standard InChI is InChI=1S/3C30H23P2.C6H5.Sn/c3*1-5-14-25(15-6-1)31(26-16-7-2-8-17-26)29-22-13-23-30(24-29)32(27-18-9-3-10-19-27)28-20-11-4-12-21-28;1-2-4-6-5-3-1;/h3*1-12,14-24H;1-5H;. The molecule has 0 spiro atoms. The molecule has 16 aromatic rings. The summed E-state index contributed by atoms with van der Waals surface area (Å²) in [6.07, 6.45) is 0. The molecule has 0 saturated carbocycles. The van der Waals surface area contributed by atoms with E-state index in [9.17, 15) is 0 Å². The number of benzene rings is 16. The summed E-state index contributed by atoms with van der Waals surface area (Å²) >= 11 is -5.37. The number of rotatable bonds is 22. The van der Waals surface area contributed by atoms with E-state index in [0.29, 0.717) is 0 Å². The van der Waals surface area contributed by atoms with Gasteiger partial charge in [0.05, 0.1) is 0 Å². The van der Waals surface area contributed by atoms with Gasteiger partial charge >= 0.3 is 625 Å². The third-order valence-electron chi connectivity index (χ3n) is 18.9. The van der Waals surface area contributed by atoms with Crippen LogP contribution in [0, 0.1) is 0 Å². The average Bonchev–Trinajstić information content (AvgIpc) is 0.712. The molecular formula is C96H74P6Sn. The predicted molar refractivity (Wildman–Crippen MR) is 462 cm³/mol. The molecule has 0 aliphatic carbocycles. The number of hydrogen-bond acceptors (Lipinski definition) is 0. The molecule has 16 rings (SSSR count). The molecule has 0 aliphatic heterocycles. The van der Waals surface area contributed by atoms with E-state index in [1.54, 1.807) is 0 Å². The first-order chi connectivity index (χ1) is 51.1. The maximum atomic E-state index is 2.78. The van der Waals surface area contributed by atoms with Crippen molar-refractivity contribution in [2.75, 3.05) is 0 Å². The molecule has 0 N–H and O–H groups in total. The average molecular weight is 1530 g/mol. The summed E-state index contributed by atoms with van der Waals surface area (Å²) in [6.45, 7) is 0. The summed E-state index contributed by atoms with van der Waals surface area (Å²) in [7, 11) is -6.88. The molecule has 0 saturated heterocycles. The Kier molecular flexibility index (Phi) is 21.7. The minimum absolute atomic E-state index is 1.15. The summed E-state index contributed by atoms with van der Waals surface area (Å²) in [6, 6.07) is 174. The fourth-order valence-electron chi connectivity index (χ4n) is 14.5. The molecule has 0 unspecified atom stereocenters. The van der Waals surface area contributed by atoms with Crippen molar-refractivity contribution in [1.29, 1.82) is 0 Å². The van der Waals surface area contributed by atoms with Crippen LogP contribution in [0.4, 0.5) is 0 Å². The first-order valence-electron chi connectivity index (χ1n) is 35.1. The maximum absolute atomic E-state index is 5.37. The van der Waals surface area contributed by atoms with E-state index in [4.69, 9.17) is 0 Å². The van der Waals surface area contributed by atoms with Gasteiger partial charge in [0.15, 0.2) is 0 Å². The van der Waals surface area contributed by atoms with Crippen LogP contribution in [-0.4, -0.2) is 18.4 Å². The van der Waals surface area contributed by atoms with Crippen LogP contribution in [0.5, 0.6) is 0 Å². The Hall–Kier alpha value is -9.10. The molecule has 7 heteroatoms. The topological polar surface area (TPSA) is 0 Å². The van der Waals surface area contributed by atoms with Crippen LogP contribution in [0.15, 0.2) is 449 Å². The third kappa shape index (κ3) is 14.9. The zero-order chi connectivity index (χ0) is 69.0. The number of hydrogen-bond donors (Lipinski definition) is 0. The zero-order valence-electron chi connectivity index (χ0n) is 56.9. The van der Waals surface area contributed by atoms with E-state index in [1.807, 2.05) is 0 Å². The van der Waals surface area contributed by atoms with Crippen LogP contribution < -0.4 is 110 Å². The molecule has 0 amide bonds. The Labute approximate surface area is 619 Å². The molecule has 0 atom stereocenters. The summed E-state index contributed by atoms with van der Waals surface area (Å²) in [5, 5.41) is 24.0. The first-order valence-corrected chi connectivity index (χ1v) is 48.8. The van der Waals surface area contributed by atoms with Crippen molar-refractivity contribution in [1.82, 2.24) is 0 Å². The van der Waals surface area contributed by atoms with E-state index in [-0.39, 0.29) is 0 Å². The monoisotopic (exact) mass is 1530 g/mol. The molecule has 0 radical (unpaired) electrons. The molecule has 0 bridgehead atoms. The predicted octanol–water partition coefficient (Wildman–Crippen LogP) is 13.6. The van der Waals surface area contributed by atoms with E-state index >= 15 is 0 Å². The normalized spacial score (nSPS) is 11.6. The van der Waals surface area contributed by atoms with Gasteiger partial charge in [0.2, 0.25) is 0 Å². The van der Waals surface area contributed by atoms with Gasteiger partial charge in [-0.25, -0.2) is 0 Å². The van der Waals surface area contributed by atoms with Gasteiger partial charge in [-0.15, -0.1) is 0 Å². The van der Waals surface area contributed by atoms with Crippen molar-refractivity contribution >= 4 is 176 Å². The van der Waals surface area contributed by atoms with Gasteiger partial charge < -0.3 is 0 Å². The Balaban J connectivity index is 1.14. The van der Waals surface area contributed by atoms with Gasteiger partial charge in [0.1, 0.15) is 0 Å². The van der Waals surface area contributed by atoms with Crippen molar-refractivity contribution in [3.63, 3.8) is 0 Å². The Morgan fingerprint density at radius 1 is 0.107 bits per heavy atom. The Bertz CT molecular complexity index is 4320. The van der Waals surface area contributed by atoms with Crippen LogP contribution >= 0.6 is 47.5 Å². The molecule has 0 heterocycles. The molecule has 0 nitrogen and oxygen atoms in total. The molecule has 16 aromatic carbocycles. The van der Waals surface area contributed by atoms with E-state index in [0.717, 1.165) is 0 Å². The van der Waals surface area contributed by atoms with Gasteiger partial charge in [0, 0.05) is 0 Å². The molecule has 0 aromatic heterocycles. The van der Waals surface area contributed by atoms with Crippen LogP contribution in [0.2, 0.25) is 0 Å². The molecule has 492 valence electrons. The van der Waals surface area contributed by atoms with Gasteiger partial charge in [0.25, 0.3) is 0 Å². The molecule has 103 heavy (non-hydrogen) atoms. The second-order valence-corrected chi connectivity index (χ2v) is 49.6. The van der Waals surface area contributed by atoms with Crippen molar-refractivity contribution in [2.45, 2.75) is 0 Å². The van der Waals surface area contributed by atoms with E-state index < -0.39 is 65.9 Å². The van der Waals surface area contributed by atoms with E-state index in [2.05, 4.69) is 449 Å². The Morgan fingerprint density at radius 2 is 0.223 bits per heavy atom. The zero-order valence-corrected chi connectivity index (χ0v) is 65.1. The SMILES string of the molecule is c1ccc(P(c2ccccc2)c2cc(P(c3ccccc3)c3ccccc3)c[c]([Sn]([c]3ccccc3)([c]3cc(P(c4ccccc4)c4ccccc4)cc(P(c4ccccc4)c4ccccc4)c3)[c]3cc(P(c4ccccc4)c4ccccc4)cc(P(c4ccccc4)c4ccccc4)c3)c2)cc1. The summed E-state index contributed by atoms with van der Waals surface area (Å²) < 4.78 is 5.69. The minimum atomic E-state index is -5.37. The second-order valence-electron chi connectivity index (χ2n) is 25.4. The van der Waals surface area contributed by atoms with E-state index in [1.165, 1.54) is 110 Å². The summed E-state index contributed by atoms with van der Waals surface area (Å²) in [5.41, 5.74) is 0. The fourth-order valence-corrected chi connectivity index (χ4v) is 45.2. The van der Waals surface area contributed by atoms with Crippen molar-refractivity contribution in [3.8, 4) is 0 Å². The Morgan fingerprint density at radius 3 is 0.350 bits per heavy atom. The molecule has 0 fully saturated rings. The second kappa shape index (κ2) is 32.7. The molecular weight excluding hydrogens is 1460 g/mol. The van der Waals surface area contributed by atoms with Crippen LogP contribution in [0.3, 0.4) is 0 Å². The van der Waals surface area contributed by atoms with Crippen molar-refractivity contribution in [2.24, 2.45) is 0 Å².